The van der Waals surface area contributed by atoms with Crippen LogP contribution in [0.5, 0.6) is 0 Å². The number of aromatic nitrogens is 4. The summed E-state index contributed by atoms with van der Waals surface area (Å²) in [6.07, 6.45) is -3.69. The molecule has 128 valence electrons. The Hall–Kier alpha value is -2.55. The Balaban J connectivity index is 2.18. The summed E-state index contributed by atoms with van der Waals surface area (Å²) in [6, 6.07) is 0. The Bertz CT molecular complexity index is 888. The largest absolute Gasteiger partial charge is 0.394 e. The minimum absolute atomic E-state index is 0.101. The first-order valence-corrected chi connectivity index (χ1v) is 6.84. The van der Waals surface area contributed by atoms with E-state index in [0.717, 1.165) is 10.9 Å². The summed E-state index contributed by atoms with van der Waals surface area (Å²) < 4.78 is 33.9. The lowest BCUT2D eigenvalue weighted by atomic mass is 9.96. The van der Waals surface area contributed by atoms with Crippen molar-refractivity contribution in [3.05, 3.63) is 16.7 Å². The molecular formula is C13H13F2N5O4. The number of alkyl halides is 2. The molecule has 0 spiro atoms. The van der Waals surface area contributed by atoms with E-state index in [0.29, 0.717) is 0 Å². The second kappa shape index (κ2) is 5.82. The molecule has 11 heteroatoms. The smallest absolute Gasteiger partial charge is 0.280 e. The van der Waals surface area contributed by atoms with E-state index in [1.54, 1.807) is 0 Å². The maximum Gasteiger partial charge on any atom is 0.280 e. The van der Waals surface area contributed by atoms with Crippen molar-refractivity contribution in [1.82, 2.24) is 19.5 Å². The molecule has 1 aliphatic heterocycles. The second-order valence-corrected chi connectivity index (χ2v) is 5.13. The third-order valence-corrected chi connectivity index (χ3v) is 3.68. The highest BCUT2D eigenvalue weighted by Crippen LogP contribution is 2.42. The van der Waals surface area contributed by atoms with Crippen molar-refractivity contribution in [2.75, 3.05) is 19.0 Å². The predicted molar refractivity (Wildman–Crippen MR) is 77.2 cm³/mol. The zero-order chi connectivity index (χ0) is 17.5. The van der Waals surface area contributed by atoms with E-state index in [9.17, 15) is 19.4 Å². The lowest BCUT2D eigenvalue weighted by Crippen LogP contribution is -2.42. The average Bonchev–Trinajstić information content (AvgIpc) is 3.06. The van der Waals surface area contributed by atoms with Gasteiger partial charge in [0.1, 0.15) is 18.9 Å². The second-order valence-electron chi connectivity index (χ2n) is 5.13. The van der Waals surface area contributed by atoms with Crippen molar-refractivity contribution in [1.29, 1.82) is 0 Å². The number of fused-ring (bicyclic) bond motifs is 1. The van der Waals surface area contributed by atoms with Crippen molar-refractivity contribution in [2.45, 2.75) is 24.1 Å². The molecule has 3 heterocycles. The van der Waals surface area contributed by atoms with Crippen LogP contribution in [0.4, 0.5) is 14.7 Å². The molecule has 1 fully saturated rings. The fraction of sp³-hybridized carbons (Fsp3) is 0.462. The molecule has 0 saturated carbocycles. The van der Waals surface area contributed by atoms with E-state index in [-0.39, 0.29) is 17.1 Å². The minimum Gasteiger partial charge on any atom is -0.394 e. The molecule has 0 bridgehead atoms. The zero-order valence-corrected chi connectivity index (χ0v) is 12.1. The standard InChI is InChI=1S/C13H13F2N5O4/c14-3-1-2-13(15)8(22)6(4-21)24-11(13)20-5-17-7-9(20)18-12(16)19-10(7)23/h5-6,8,11,21-22H,3-4H2,(H3,16,18,19,23)/t6-,8?,11-,13-/m1/s1. The highest BCUT2D eigenvalue weighted by Gasteiger charge is 2.57. The third-order valence-electron chi connectivity index (χ3n) is 3.68. The first-order valence-electron chi connectivity index (χ1n) is 6.84. The third kappa shape index (κ3) is 2.32. The van der Waals surface area contributed by atoms with Crippen LogP contribution in [0.15, 0.2) is 11.1 Å². The van der Waals surface area contributed by atoms with Gasteiger partial charge in [-0.15, -0.1) is 0 Å². The van der Waals surface area contributed by atoms with Gasteiger partial charge < -0.3 is 20.7 Å². The van der Waals surface area contributed by atoms with Crippen LogP contribution in [0.25, 0.3) is 11.2 Å². The Kier molecular flexibility index (Phi) is 3.96. The van der Waals surface area contributed by atoms with Crippen LogP contribution in [0.3, 0.4) is 0 Å². The van der Waals surface area contributed by atoms with Gasteiger partial charge in [0.2, 0.25) is 11.6 Å². The summed E-state index contributed by atoms with van der Waals surface area (Å²) in [7, 11) is 0. The summed E-state index contributed by atoms with van der Waals surface area (Å²) in [5.41, 5.74) is 1.85. The number of hydrogen-bond donors (Lipinski definition) is 4. The van der Waals surface area contributed by atoms with Crippen molar-refractivity contribution < 1.29 is 23.7 Å². The molecule has 0 aromatic carbocycles. The Morgan fingerprint density at radius 3 is 3.00 bits per heavy atom. The molecule has 2 aromatic heterocycles. The maximum atomic E-state index is 15.3. The summed E-state index contributed by atoms with van der Waals surface area (Å²) in [4.78, 5) is 21.7. The van der Waals surface area contributed by atoms with Crippen molar-refractivity contribution in [3.63, 3.8) is 0 Å². The molecule has 1 aliphatic rings. The van der Waals surface area contributed by atoms with Crippen molar-refractivity contribution in [2.24, 2.45) is 0 Å². The van der Waals surface area contributed by atoms with Crippen LogP contribution in [-0.4, -0.2) is 60.9 Å². The fourth-order valence-electron chi connectivity index (χ4n) is 2.59. The average molecular weight is 341 g/mol. The van der Waals surface area contributed by atoms with Gasteiger partial charge >= 0.3 is 0 Å². The fourth-order valence-corrected chi connectivity index (χ4v) is 2.59. The number of hydrogen-bond acceptors (Lipinski definition) is 7. The van der Waals surface area contributed by atoms with Gasteiger partial charge in [-0.1, -0.05) is 11.8 Å². The number of nitrogens with two attached hydrogens (primary N) is 1. The van der Waals surface area contributed by atoms with Gasteiger partial charge in [0.25, 0.3) is 5.56 Å². The lowest BCUT2D eigenvalue weighted by molar-refractivity contribution is -0.0504. The molecule has 4 atom stereocenters. The van der Waals surface area contributed by atoms with Crippen LogP contribution in [0.2, 0.25) is 0 Å². The molecule has 0 amide bonds. The van der Waals surface area contributed by atoms with Gasteiger partial charge in [0.05, 0.1) is 12.9 Å². The topological polar surface area (TPSA) is 139 Å². The van der Waals surface area contributed by atoms with E-state index < -0.39 is 42.9 Å². The van der Waals surface area contributed by atoms with Gasteiger partial charge in [-0.25, -0.2) is 13.8 Å². The molecule has 1 unspecified atom stereocenters. The SMILES string of the molecule is Nc1nc2c(ncn2[C@@H]2O[C@H](CO)C(O)[C@]2(F)C#CCF)c(=O)[nH]1. The van der Waals surface area contributed by atoms with Crippen LogP contribution < -0.4 is 11.3 Å². The predicted octanol–water partition coefficient (Wildman–Crippen LogP) is -1.37. The van der Waals surface area contributed by atoms with Crippen molar-refractivity contribution in [3.8, 4) is 11.8 Å². The van der Waals surface area contributed by atoms with Gasteiger partial charge in [0, 0.05) is 0 Å². The number of anilines is 1. The van der Waals surface area contributed by atoms with Crippen LogP contribution in [-0.2, 0) is 4.74 Å². The number of nitrogens with zero attached hydrogens (tertiary/aromatic N) is 3. The molecule has 3 rings (SSSR count). The number of nitrogen functional groups attached to an aromatic ring is 1. The molecule has 2 aromatic rings. The van der Waals surface area contributed by atoms with Gasteiger partial charge in [-0.05, 0) is 0 Å². The molecule has 24 heavy (non-hydrogen) atoms. The number of nitrogens with one attached hydrogen (secondary N) is 1. The van der Waals surface area contributed by atoms with Crippen LogP contribution in [0.1, 0.15) is 6.23 Å². The van der Waals surface area contributed by atoms with E-state index in [2.05, 4.69) is 15.0 Å². The molecular weight excluding hydrogens is 328 g/mol. The number of aromatic amines is 1. The first kappa shape index (κ1) is 16.3. The van der Waals surface area contributed by atoms with E-state index >= 15 is 4.39 Å². The highest BCUT2D eigenvalue weighted by molar-refractivity contribution is 5.70. The highest BCUT2D eigenvalue weighted by atomic mass is 19.1. The van der Waals surface area contributed by atoms with Gasteiger partial charge in [-0.3, -0.25) is 14.3 Å². The van der Waals surface area contributed by atoms with Gasteiger partial charge in [-0.2, -0.15) is 4.98 Å². The monoisotopic (exact) mass is 341 g/mol. The summed E-state index contributed by atoms with van der Waals surface area (Å²) in [5, 5.41) is 19.3. The summed E-state index contributed by atoms with van der Waals surface area (Å²) in [5.74, 6) is 3.66. The van der Waals surface area contributed by atoms with Gasteiger partial charge in [0.15, 0.2) is 17.4 Å². The minimum atomic E-state index is -2.74. The zero-order valence-electron chi connectivity index (χ0n) is 12.1. The van der Waals surface area contributed by atoms with Crippen LogP contribution >= 0.6 is 0 Å². The normalized spacial score (nSPS) is 29.6. The molecule has 1 saturated heterocycles. The Morgan fingerprint density at radius 2 is 2.33 bits per heavy atom. The number of ether oxygens (including phenoxy) is 1. The Morgan fingerprint density at radius 1 is 1.58 bits per heavy atom. The Labute approximate surface area is 133 Å². The van der Waals surface area contributed by atoms with Crippen molar-refractivity contribution >= 4 is 17.1 Å². The number of H-pyrrole nitrogens is 1. The lowest BCUT2D eigenvalue weighted by Gasteiger charge is -2.23. The molecule has 0 radical (unpaired) electrons. The molecule has 9 nitrogen and oxygen atoms in total. The van der Waals surface area contributed by atoms with E-state index in [4.69, 9.17) is 10.5 Å². The number of aliphatic hydroxyl groups is 2. The number of halogens is 2. The molecule has 0 aliphatic carbocycles. The number of imidazole rings is 1. The number of rotatable bonds is 2. The summed E-state index contributed by atoms with van der Waals surface area (Å²) in [6.45, 7) is -1.83. The number of aliphatic hydroxyl groups excluding tert-OH is 2. The van der Waals surface area contributed by atoms with E-state index in [1.807, 2.05) is 11.8 Å². The summed E-state index contributed by atoms with van der Waals surface area (Å²) >= 11 is 0. The van der Waals surface area contributed by atoms with Crippen LogP contribution in [0, 0.1) is 11.8 Å². The first-order chi connectivity index (χ1) is 11.4. The molecule has 5 N–H and O–H groups in total. The maximum absolute atomic E-state index is 15.3. The van der Waals surface area contributed by atoms with E-state index in [1.165, 1.54) is 0 Å². The quantitative estimate of drug-likeness (QED) is 0.494.